The number of carboxylic acid groups (broad SMARTS) is 1. The molecule has 1 heterocycles. The fourth-order valence-corrected chi connectivity index (χ4v) is 1.97. The highest BCUT2D eigenvalue weighted by Gasteiger charge is 2.44. The lowest BCUT2D eigenvalue weighted by atomic mass is 9.89. The summed E-state index contributed by atoms with van der Waals surface area (Å²) in [7, 11) is 0. The van der Waals surface area contributed by atoms with Crippen molar-refractivity contribution in [3.8, 4) is 12.3 Å². The fourth-order valence-electron chi connectivity index (χ4n) is 1.97. The number of likely N-dealkylation sites (tertiary alicyclic amines) is 1. The Morgan fingerprint density at radius 2 is 2.18 bits per heavy atom. The lowest BCUT2D eigenvalue weighted by molar-refractivity contribution is -0.150. The minimum absolute atomic E-state index is 0.400. The molecule has 1 rings (SSSR count). The third kappa shape index (κ3) is 2.70. The number of urea groups is 1. The van der Waals surface area contributed by atoms with Gasteiger partial charge in [-0.05, 0) is 33.1 Å². The van der Waals surface area contributed by atoms with E-state index in [1.807, 2.05) is 0 Å². The Morgan fingerprint density at radius 3 is 2.71 bits per heavy atom. The number of amides is 2. The van der Waals surface area contributed by atoms with Crippen molar-refractivity contribution >= 4 is 12.0 Å². The molecular formula is C12H18N2O3. The number of hydrogen-bond acceptors (Lipinski definition) is 2. The Balaban J connectivity index is 2.82. The Hall–Kier alpha value is -1.70. The molecule has 5 heteroatoms. The molecule has 0 aromatic carbocycles. The van der Waals surface area contributed by atoms with Crippen LogP contribution in [0.15, 0.2) is 0 Å². The van der Waals surface area contributed by atoms with E-state index in [2.05, 4.69) is 11.2 Å². The predicted octanol–water partition coefficient (Wildman–Crippen LogP) is 1.05. The van der Waals surface area contributed by atoms with Crippen LogP contribution in [0, 0.1) is 12.3 Å². The molecule has 2 unspecified atom stereocenters. The van der Waals surface area contributed by atoms with Gasteiger partial charge in [0.25, 0.3) is 0 Å². The average molecular weight is 238 g/mol. The van der Waals surface area contributed by atoms with E-state index in [-0.39, 0.29) is 0 Å². The monoisotopic (exact) mass is 238 g/mol. The third-order valence-electron chi connectivity index (χ3n) is 3.19. The van der Waals surface area contributed by atoms with E-state index < -0.39 is 23.6 Å². The SMILES string of the molecule is C#CC(C)NC(=O)N1CCCCC1(C)C(=O)O. The second-order valence-corrected chi connectivity index (χ2v) is 4.53. The molecule has 2 atom stereocenters. The van der Waals surface area contributed by atoms with Crippen LogP contribution in [0.3, 0.4) is 0 Å². The number of nitrogens with one attached hydrogen (secondary N) is 1. The first-order chi connectivity index (χ1) is 7.91. The maximum atomic E-state index is 11.9. The number of carbonyl (C=O) groups excluding carboxylic acids is 1. The van der Waals surface area contributed by atoms with Crippen LogP contribution in [0.2, 0.25) is 0 Å². The van der Waals surface area contributed by atoms with Gasteiger partial charge in [-0.2, -0.15) is 0 Å². The molecule has 1 aliphatic rings. The van der Waals surface area contributed by atoms with Crippen LogP contribution in [0.5, 0.6) is 0 Å². The molecule has 0 aliphatic carbocycles. The van der Waals surface area contributed by atoms with E-state index in [0.29, 0.717) is 13.0 Å². The van der Waals surface area contributed by atoms with Crippen LogP contribution in [0.1, 0.15) is 33.1 Å². The molecular weight excluding hydrogens is 220 g/mol. The van der Waals surface area contributed by atoms with Gasteiger partial charge in [0.1, 0.15) is 5.54 Å². The maximum Gasteiger partial charge on any atom is 0.329 e. The predicted molar refractivity (Wildman–Crippen MR) is 63.4 cm³/mol. The third-order valence-corrected chi connectivity index (χ3v) is 3.19. The summed E-state index contributed by atoms with van der Waals surface area (Å²) >= 11 is 0. The van der Waals surface area contributed by atoms with Crippen molar-refractivity contribution < 1.29 is 14.7 Å². The van der Waals surface area contributed by atoms with Crippen molar-refractivity contribution in [1.29, 1.82) is 0 Å². The summed E-state index contributed by atoms with van der Waals surface area (Å²) in [5.41, 5.74) is -1.13. The molecule has 0 spiro atoms. The number of carboxylic acids is 1. The molecule has 0 radical (unpaired) electrons. The largest absolute Gasteiger partial charge is 0.480 e. The van der Waals surface area contributed by atoms with Crippen LogP contribution in [-0.4, -0.2) is 40.1 Å². The normalized spacial score (nSPS) is 25.8. The van der Waals surface area contributed by atoms with Gasteiger partial charge in [-0.25, -0.2) is 9.59 Å². The van der Waals surface area contributed by atoms with E-state index in [1.54, 1.807) is 13.8 Å². The van der Waals surface area contributed by atoms with Gasteiger partial charge in [-0.1, -0.05) is 5.92 Å². The molecule has 1 saturated heterocycles. The zero-order valence-electron chi connectivity index (χ0n) is 10.2. The van der Waals surface area contributed by atoms with Crippen LogP contribution in [0.25, 0.3) is 0 Å². The van der Waals surface area contributed by atoms with E-state index >= 15 is 0 Å². The first-order valence-corrected chi connectivity index (χ1v) is 5.69. The number of nitrogens with zero attached hydrogens (tertiary/aromatic N) is 1. The van der Waals surface area contributed by atoms with E-state index in [0.717, 1.165) is 12.8 Å². The smallest absolute Gasteiger partial charge is 0.329 e. The van der Waals surface area contributed by atoms with Crippen molar-refractivity contribution in [3.05, 3.63) is 0 Å². The first-order valence-electron chi connectivity index (χ1n) is 5.69. The summed E-state index contributed by atoms with van der Waals surface area (Å²) in [5.74, 6) is 1.41. The molecule has 2 N–H and O–H groups in total. The highest BCUT2D eigenvalue weighted by atomic mass is 16.4. The Labute approximate surface area is 101 Å². The lowest BCUT2D eigenvalue weighted by Gasteiger charge is -2.41. The minimum Gasteiger partial charge on any atom is -0.480 e. The second kappa shape index (κ2) is 5.09. The lowest BCUT2D eigenvalue weighted by Crippen LogP contribution is -2.60. The van der Waals surface area contributed by atoms with Gasteiger partial charge in [0.05, 0.1) is 6.04 Å². The Kier molecular flexibility index (Phi) is 4.00. The number of piperidine rings is 1. The fraction of sp³-hybridized carbons (Fsp3) is 0.667. The van der Waals surface area contributed by atoms with Gasteiger partial charge in [0, 0.05) is 6.54 Å². The first kappa shape index (κ1) is 13.4. The van der Waals surface area contributed by atoms with Crippen molar-refractivity contribution in [2.24, 2.45) is 0 Å². The molecule has 2 amide bonds. The van der Waals surface area contributed by atoms with E-state index in [1.165, 1.54) is 4.90 Å². The molecule has 1 aliphatic heterocycles. The summed E-state index contributed by atoms with van der Waals surface area (Å²) in [6, 6.07) is -0.803. The van der Waals surface area contributed by atoms with Crippen molar-refractivity contribution in [2.45, 2.75) is 44.7 Å². The van der Waals surface area contributed by atoms with E-state index in [4.69, 9.17) is 6.42 Å². The standard InChI is InChI=1S/C12H18N2O3/c1-4-9(2)13-11(17)14-8-6-5-7-12(14,3)10(15)16/h1,9H,5-8H2,2-3H3,(H,13,17)(H,15,16). The van der Waals surface area contributed by atoms with E-state index in [9.17, 15) is 14.7 Å². The summed E-state index contributed by atoms with van der Waals surface area (Å²) in [6.07, 6.45) is 7.29. The second-order valence-electron chi connectivity index (χ2n) is 4.53. The summed E-state index contributed by atoms with van der Waals surface area (Å²) in [4.78, 5) is 24.6. The van der Waals surface area contributed by atoms with Gasteiger partial charge in [-0.3, -0.25) is 0 Å². The van der Waals surface area contributed by atoms with Crippen molar-refractivity contribution in [2.75, 3.05) is 6.54 Å². The number of terminal acetylenes is 1. The highest BCUT2D eigenvalue weighted by molar-refractivity contribution is 5.86. The topological polar surface area (TPSA) is 69.6 Å². The van der Waals surface area contributed by atoms with Gasteiger partial charge < -0.3 is 15.3 Å². The molecule has 1 fully saturated rings. The number of hydrogen-bond donors (Lipinski definition) is 2. The van der Waals surface area contributed by atoms with Crippen LogP contribution in [-0.2, 0) is 4.79 Å². The van der Waals surface area contributed by atoms with Crippen LogP contribution < -0.4 is 5.32 Å². The Morgan fingerprint density at radius 1 is 1.53 bits per heavy atom. The van der Waals surface area contributed by atoms with Crippen LogP contribution in [0.4, 0.5) is 4.79 Å². The number of carbonyl (C=O) groups is 2. The summed E-state index contributed by atoms with van der Waals surface area (Å²) in [6.45, 7) is 3.71. The molecule has 94 valence electrons. The van der Waals surface area contributed by atoms with Gasteiger partial charge in [0.2, 0.25) is 0 Å². The average Bonchev–Trinajstić information content (AvgIpc) is 2.29. The quantitative estimate of drug-likeness (QED) is 0.706. The zero-order valence-corrected chi connectivity index (χ0v) is 10.2. The van der Waals surface area contributed by atoms with Crippen molar-refractivity contribution in [1.82, 2.24) is 10.2 Å². The molecule has 0 bridgehead atoms. The molecule has 5 nitrogen and oxygen atoms in total. The molecule has 0 saturated carbocycles. The Bertz CT molecular complexity index is 361. The number of aliphatic carboxylic acids is 1. The van der Waals surface area contributed by atoms with Gasteiger partial charge in [-0.15, -0.1) is 6.42 Å². The maximum absolute atomic E-state index is 11.9. The number of rotatable bonds is 2. The summed E-state index contributed by atoms with van der Waals surface area (Å²) in [5, 5.41) is 11.8. The van der Waals surface area contributed by atoms with Crippen molar-refractivity contribution in [3.63, 3.8) is 0 Å². The summed E-state index contributed by atoms with van der Waals surface area (Å²) < 4.78 is 0. The van der Waals surface area contributed by atoms with Gasteiger partial charge >= 0.3 is 12.0 Å². The van der Waals surface area contributed by atoms with Gasteiger partial charge in [0.15, 0.2) is 0 Å². The molecule has 0 aromatic heterocycles. The zero-order chi connectivity index (χ0) is 13.1. The minimum atomic E-state index is -1.13. The van der Waals surface area contributed by atoms with Crippen LogP contribution >= 0.6 is 0 Å². The molecule has 0 aromatic rings. The highest BCUT2D eigenvalue weighted by Crippen LogP contribution is 2.28. The molecule has 17 heavy (non-hydrogen) atoms.